The minimum Gasteiger partial charge on any atom is -0.383 e. The number of aryl methyl sites for hydroxylation is 1. The highest BCUT2D eigenvalue weighted by Crippen LogP contribution is 2.30. The molecule has 2 aromatic rings. The van der Waals surface area contributed by atoms with Crippen LogP contribution in [0.3, 0.4) is 0 Å². The highest BCUT2D eigenvalue weighted by molar-refractivity contribution is 7.10. The van der Waals surface area contributed by atoms with Crippen LogP contribution in [0.5, 0.6) is 0 Å². The summed E-state index contributed by atoms with van der Waals surface area (Å²) in [4.78, 5) is 0.918. The molecule has 0 aliphatic rings. The second-order valence-corrected chi connectivity index (χ2v) is 4.79. The fourth-order valence-electron chi connectivity index (χ4n) is 1.59. The maximum atomic E-state index is 13.4. The third kappa shape index (κ3) is 2.35. The lowest BCUT2D eigenvalue weighted by Crippen LogP contribution is -2.05. The van der Waals surface area contributed by atoms with Crippen LogP contribution in [-0.4, -0.2) is 5.11 Å². The summed E-state index contributed by atoms with van der Waals surface area (Å²) in [5, 5.41) is 11.5. The van der Waals surface area contributed by atoms with Crippen molar-refractivity contribution >= 4 is 11.3 Å². The second kappa shape index (κ2) is 4.50. The predicted octanol–water partition coefficient (Wildman–Crippen LogP) is 3.56. The van der Waals surface area contributed by atoms with Crippen molar-refractivity contribution in [1.82, 2.24) is 0 Å². The lowest BCUT2D eigenvalue weighted by molar-refractivity contribution is 0.209. The van der Waals surface area contributed by atoms with Crippen molar-refractivity contribution in [1.29, 1.82) is 0 Å². The van der Waals surface area contributed by atoms with Crippen LogP contribution in [0.1, 0.15) is 22.1 Å². The first-order chi connectivity index (χ1) is 7.99. The van der Waals surface area contributed by atoms with Crippen LogP contribution in [0.4, 0.5) is 13.2 Å². The molecule has 0 amide bonds. The van der Waals surface area contributed by atoms with Crippen molar-refractivity contribution in [2.24, 2.45) is 0 Å². The van der Waals surface area contributed by atoms with E-state index in [0.29, 0.717) is 17.7 Å². The van der Waals surface area contributed by atoms with E-state index in [1.807, 2.05) is 6.92 Å². The summed E-state index contributed by atoms with van der Waals surface area (Å²) >= 11 is 1.36. The number of rotatable bonds is 2. The molecule has 1 atom stereocenters. The summed E-state index contributed by atoms with van der Waals surface area (Å²) < 4.78 is 39.6. The number of halogens is 3. The smallest absolute Gasteiger partial charge is 0.135 e. The van der Waals surface area contributed by atoms with Gasteiger partial charge in [-0.1, -0.05) is 0 Å². The van der Waals surface area contributed by atoms with Gasteiger partial charge in [0.25, 0.3) is 0 Å². The molecule has 0 aliphatic carbocycles. The summed E-state index contributed by atoms with van der Waals surface area (Å²) in [5.41, 5.74) is -0.124. The van der Waals surface area contributed by atoms with Gasteiger partial charge < -0.3 is 5.11 Å². The summed E-state index contributed by atoms with van der Waals surface area (Å²) in [6, 6.07) is 2.75. The molecule has 2 rings (SSSR count). The fourth-order valence-corrected chi connectivity index (χ4v) is 2.31. The molecule has 5 heteroatoms. The quantitative estimate of drug-likeness (QED) is 0.873. The highest BCUT2D eigenvalue weighted by atomic mass is 32.1. The molecule has 0 aliphatic heterocycles. The normalized spacial score (nSPS) is 12.8. The average Bonchev–Trinajstić information content (AvgIpc) is 2.63. The Balaban J connectivity index is 2.47. The number of hydrogen-bond acceptors (Lipinski definition) is 2. The minimum atomic E-state index is -1.42. The third-order valence-electron chi connectivity index (χ3n) is 2.38. The summed E-state index contributed by atoms with van der Waals surface area (Å²) in [6.45, 7) is 1.82. The van der Waals surface area contributed by atoms with E-state index >= 15 is 0 Å². The van der Waals surface area contributed by atoms with Gasteiger partial charge in [0, 0.05) is 17.0 Å². The second-order valence-electron chi connectivity index (χ2n) is 3.68. The van der Waals surface area contributed by atoms with Gasteiger partial charge in [-0.3, -0.25) is 0 Å². The van der Waals surface area contributed by atoms with Crippen molar-refractivity contribution in [3.8, 4) is 0 Å². The van der Waals surface area contributed by atoms with Gasteiger partial charge in [-0.05, 0) is 23.9 Å². The highest BCUT2D eigenvalue weighted by Gasteiger charge is 2.21. The van der Waals surface area contributed by atoms with E-state index in [0.717, 1.165) is 4.88 Å². The van der Waals surface area contributed by atoms with Gasteiger partial charge in [0.1, 0.15) is 23.6 Å². The van der Waals surface area contributed by atoms with Crippen LogP contribution in [0, 0.1) is 24.4 Å². The molecule has 1 aromatic heterocycles. The molecular weight excluding hydrogens is 249 g/mol. The molecule has 1 heterocycles. The van der Waals surface area contributed by atoms with Crippen LogP contribution in [0.15, 0.2) is 23.6 Å². The Labute approximate surface area is 100 Å². The van der Waals surface area contributed by atoms with Crippen LogP contribution in [0.25, 0.3) is 0 Å². The van der Waals surface area contributed by atoms with Gasteiger partial charge in [-0.25, -0.2) is 13.2 Å². The molecule has 0 saturated heterocycles. The molecule has 1 unspecified atom stereocenters. The summed E-state index contributed by atoms with van der Waals surface area (Å²) in [5.74, 6) is -3.17. The number of hydrogen-bond donors (Lipinski definition) is 1. The molecule has 0 fully saturated rings. The topological polar surface area (TPSA) is 20.2 Å². The molecule has 0 radical (unpaired) electrons. The SMILES string of the molecule is Cc1cc(C(O)c2c(F)cc(F)cc2F)cs1. The van der Waals surface area contributed by atoms with Gasteiger partial charge >= 0.3 is 0 Å². The zero-order valence-corrected chi connectivity index (χ0v) is 9.69. The molecule has 1 aromatic carbocycles. The Morgan fingerprint density at radius 1 is 1.12 bits per heavy atom. The molecule has 0 saturated carbocycles. The number of aliphatic hydroxyl groups excluding tert-OH is 1. The van der Waals surface area contributed by atoms with Crippen LogP contribution < -0.4 is 0 Å². The van der Waals surface area contributed by atoms with Crippen molar-refractivity contribution in [3.05, 3.63) is 57.0 Å². The van der Waals surface area contributed by atoms with Gasteiger partial charge in [0.2, 0.25) is 0 Å². The van der Waals surface area contributed by atoms with Crippen LogP contribution in [-0.2, 0) is 0 Å². The maximum absolute atomic E-state index is 13.4. The van der Waals surface area contributed by atoms with Crippen LogP contribution >= 0.6 is 11.3 Å². The predicted molar refractivity (Wildman–Crippen MR) is 59.4 cm³/mol. The molecule has 1 nitrogen and oxygen atoms in total. The van der Waals surface area contributed by atoms with E-state index in [-0.39, 0.29) is 0 Å². The lowest BCUT2D eigenvalue weighted by Gasteiger charge is -2.11. The zero-order chi connectivity index (χ0) is 12.6. The van der Waals surface area contributed by atoms with Gasteiger partial charge in [-0.15, -0.1) is 11.3 Å². The van der Waals surface area contributed by atoms with E-state index in [1.54, 1.807) is 11.4 Å². The van der Waals surface area contributed by atoms with Crippen LogP contribution in [0.2, 0.25) is 0 Å². The number of aliphatic hydroxyl groups is 1. The Morgan fingerprint density at radius 3 is 2.18 bits per heavy atom. The first kappa shape index (κ1) is 12.1. The van der Waals surface area contributed by atoms with Crippen molar-refractivity contribution in [3.63, 3.8) is 0 Å². The molecule has 17 heavy (non-hydrogen) atoms. The Morgan fingerprint density at radius 2 is 1.71 bits per heavy atom. The number of thiophene rings is 1. The monoisotopic (exact) mass is 258 g/mol. The summed E-state index contributed by atoms with van der Waals surface area (Å²) in [6.07, 6.45) is -1.42. The standard InChI is InChI=1S/C12H9F3OS/c1-6-2-7(5-17-6)12(16)11-9(14)3-8(13)4-10(11)15/h2-5,12,16H,1H3. The van der Waals surface area contributed by atoms with Gasteiger partial charge in [-0.2, -0.15) is 0 Å². The third-order valence-corrected chi connectivity index (χ3v) is 3.26. The minimum absolute atomic E-state index is 0.400. The molecule has 1 N–H and O–H groups in total. The van der Waals surface area contributed by atoms with Gasteiger partial charge in [0.05, 0.1) is 5.56 Å². The first-order valence-electron chi connectivity index (χ1n) is 4.86. The zero-order valence-electron chi connectivity index (χ0n) is 8.88. The van der Waals surface area contributed by atoms with E-state index in [9.17, 15) is 18.3 Å². The summed E-state index contributed by atoms with van der Waals surface area (Å²) in [7, 11) is 0. The van der Waals surface area contributed by atoms with Crippen molar-refractivity contribution in [2.45, 2.75) is 13.0 Å². The molecule has 0 bridgehead atoms. The van der Waals surface area contributed by atoms with Crippen molar-refractivity contribution in [2.75, 3.05) is 0 Å². The van der Waals surface area contributed by atoms with E-state index < -0.39 is 29.1 Å². The van der Waals surface area contributed by atoms with E-state index in [2.05, 4.69) is 0 Å². The molecule has 90 valence electrons. The first-order valence-corrected chi connectivity index (χ1v) is 5.74. The fraction of sp³-hybridized carbons (Fsp3) is 0.167. The Bertz CT molecular complexity index is 527. The Hall–Kier alpha value is -1.33. The van der Waals surface area contributed by atoms with E-state index in [4.69, 9.17) is 0 Å². The lowest BCUT2D eigenvalue weighted by atomic mass is 10.0. The maximum Gasteiger partial charge on any atom is 0.135 e. The van der Waals surface area contributed by atoms with Gasteiger partial charge in [0.15, 0.2) is 0 Å². The number of benzene rings is 1. The Kier molecular flexibility index (Phi) is 3.22. The van der Waals surface area contributed by atoms with Crippen molar-refractivity contribution < 1.29 is 18.3 Å². The largest absolute Gasteiger partial charge is 0.383 e. The molecular formula is C12H9F3OS. The van der Waals surface area contributed by atoms with E-state index in [1.165, 1.54) is 11.3 Å². The molecule has 0 spiro atoms. The average molecular weight is 258 g/mol.